The third kappa shape index (κ3) is 1.50. The van der Waals surface area contributed by atoms with Crippen LogP contribution in [-0.2, 0) is 9.53 Å². The number of rotatable bonds is 2. The van der Waals surface area contributed by atoms with Crippen LogP contribution in [0.1, 0.15) is 20.3 Å². The van der Waals surface area contributed by atoms with Gasteiger partial charge in [0.05, 0.1) is 0 Å². The molecule has 1 amide bonds. The van der Waals surface area contributed by atoms with Crippen LogP contribution in [0.4, 0.5) is 4.79 Å². The maximum Gasteiger partial charge on any atom is 0.408 e. The topological polar surface area (TPSA) is 55.4 Å². The molecule has 0 saturated carbocycles. The van der Waals surface area contributed by atoms with Gasteiger partial charge in [-0.2, -0.15) is 0 Å². The van der Waals surface area contributed by atoms with E-state index in [0.717, 1.165) is 0 Å². The first kappa shape index (κ1) is 8.04. The molecule has 4 heteroatoms. The first-order chi connectivity index (χ1) is 5.15. The standard InChI is InChI=1S/C7H11NO3/c1-3-5(9)6-4(2)11-7(10)8-6/h4,6H,3H2,1-2H3,(H,8,10)/t4-,6?/m1/s1. The Morgan fingerprint density at radius 2 is 2.36 bits per heavy atom. The molecule has 1 N–H and O–H groups in total. The molecule has 1 heterocycles. The van der Waals surface area contributed by atoms with Crippen LogP contribution in [-0.4, -0.2) is 24.0 Å². The minimum Gasteiger partial charge on any atom is -0.444 e. The molecule has 1 rings (SSSR count). The Balaban J connectivity index is 2.59. The molecule has 0 aromatic heterocycles. The summed E-state index contributed by atoms with van der Waals surface area (Å²) in [7, 11) is 0. The lowest BCUT2D eigenvalue weighted by molar-refractivity contribution is -0.121. The van der Waals surface area contributed by atoms with Gasteiger partial charge in [-0.25, -0.2) is 4.79 Å². The SMILES string of the molecule is CCC(=O)C1NC(=O)O[C@@H]1C. The molecule has 2 atom stereocenters. The summed E-state index contributed by atoms with van der Waals surface area (Å²) < 4.78 is 4.73. The summed E-state index contributed by atoms with van der Waals surface area (Å²) in [5, 5.41) is 2.44. The van der Waals surface area contributed by atoms with Gasteiger partial charge in [0.1, 0.15) is 12.1 Å². The third-order valence-electron chi connectivity index (χ3n) is 1.73. The van der Waals surface area contributed by atoms with Gasteiger partial charge in [-0.1, -0.05) is 6.92 Å². The van der Waals surface area contributed by atoms with Gasteiger partial charge in [0, 0.05) is 6.42 Å². The fraction of sp³-hybridized carbons (Fsp3) is 0.714. The number of cyclic esters (lactones) is 1. The van der Waals surface area contributed by atoms with Crippen molar-refractivity contribution in [1.82, 2.24) is 5.32 Å². The van der Waals surface area contributed by atoms with E-state index < -0.39 is 12.1 Å². The van der Waals surface area contributed by atoms with Crippen LogP contribution >= 0.6 is 0 Å². The third-order valence-corrected chi connectivity index (χ3v) is 1.73. The maximum atomic E-state index is 11.1. The van der Waals surface area contributed by atoms with Gasteiger partial charge in [-0.15, -0.1) is 0 Å². The lowest BCUT2D eigenvalue weighted by atomic mass is 10.1. The van der Waals surface area contributed by atoms with Gasteiger partial charge >= 0.3 is 6.09 Å². The van der Waals surface area contributed by atoms with Crippen molar-refractivity contribution in [3.8, 4) is 0 Å². The minimum absolute atomic E-state index is 0.0170. The smallest absolute Gasteiger partial charge is 0.408 e. The Hall–Kier alpha value is -1.06. The second-order valence-electron chi connectivity index (χ2n) is 2.55. The molecule has 1 unspecified atom stereocenters. The van der Waals surface area contributed by atoms with Crippen LogP contribution in [0, 0.1) is 0 Å². The average molecular weight is 157 g/mol. The number of ether oxygens (including phenoxy) is 1. The van der Waals surface area contributed by atoms with Gasteiger partial charge in [-0.3, -0.25) is 4.79 Å². The average Bonchev–Trinajstić information content (AvgIpc) is 2.28. The first-order valence-electron chi connectivity index (χ1n) is 3.65. The van der Waals surface area contributed by atoms with Gasteiger partial charge in [0.2, 0.25) is 0 Å². The zero-order chi connectivity index (χ0) is 8.43. The number of amides is 1. The molecule has 11 heavy (non-hydrogen) atoms. The molecular formula is C7H11NO3. The highest BCUT2D eigenvalue weighted by molar-refractivity contribution is 5.89. The van der Waals surface area contributed by atoms with Crippen LogP contribution in [0.2, 0.25) is 0 Å². The van der Waals surface area contributed by atoms with Crippen LogP contribution in [0.15, 0.2) is 0 Å². The summed E-state index contributed by atoms with van der Waals surface area (Å²) >= 11 is 0. The van der Waals surface area contributed by atoms with E-state index >= 15 is 0 Å². The van der Waals surface area contributed by atoms with Gasteiger partial charge in [0.25, 0.3) is 0 Å². The maximum absolute atomic E-state index is 11.1. The number of Topliss-reactive ketones (excluding diaryl/α,β-unsaturated/α-hetero) is 1. The minimum atomic E-state index is -0.496. The zero-order valence-electron chi connectivity index (χ0n) is 6.59. The summed E-state index contributed by atoms with van der Waals surface area (Å²) in [5.74, 6) is 0.0170. The number of alkyl carbamates (subject to hydrolysis) is 1. The van der Waals surface area contributed by atoms with Gasteiger partial charge in [0.15, 0.2) is 5.78 Å². The highest BCUT2D eigenvalue weighted by Gasteiger charge is 2.34. The number of carbonyl (C=O) groups is 2. The molecule has 0 spiro atoms. The number of carbonyl (C=O) groups excluding carboxylic acids is 2. The van der Waals surface area contributed by atoms with E-state index in [2.05, 4.69) is 5.32 Å². The number of nitrogens with one attached hydrogen (secondary N) is 1. The first-order valence-corrected chi connectivity index (χ1v) is 3.65. The molecule has 0 aromatic rings. The number of ketones is 1. The lowest BCUT2D eigenvalue weighted by Crippen LogP contribution is -2.37. The van der Waals surface area contributed by atoms with Crippen molar-refractivity contribution in [2.45, 2.75) is 32.4 Å². The second-order valence-corrected chi connectivity index (χ2v) is 2.55. The zero-order valence-corrected chi connectivity index (χ0v) is 6.59. The Bertz CT molecular complexity index is 190. The van der Waals surface area contributed by atoms with Crippen molar-refractivity contribution in [1.29, 1.82) is 0 Å². The second kappa shape index (κ2) is 2.90. The van der Waals surface area contributed by atoms with E-state index in [1.54, 1.807) is 13.8 Å². The van der Waals surface area contributed by atoms with E-state index in [1.165, 1.54) is 0 Å². The monoisotopic (exact) mass is 157 g/mol. The molecule has 0 radical (unpaired) electrons. The van der Waals surface area contributed by atoms with Crippen molar-refractivity contribution in [3.05, 3.63) is 0 Å². The fourth-order valence-electron chi connectivity index (χ4n) is 1.08. The Kier molecular flexibility index (Phi) is 2.12. The Morgan fingerprint density at radius 3 is 2.73 bits per heavy atom. The number of hydrogen-bond acceptors (Lipinski definition) is 3. The van der Waals surface area contributed by atoms with Crippen molar-refractivity contribution in [3.63, 3.8) is 0 Å². The molecule has 4 nitrogen and oxygen atoms in total. The number of hydrogen-bond donors (Lipinski definition) is 1. The molecule has 62 valence electrons. The van der Waals surface area contributed by atoms with Crippen molar-refractivity contribution < 1.29 is 14.3 Å². The van der Waals surface area contributed by atoms with Gasteiger partial charge in [-0.05, 0) is 6.92 Å². The van der Waals surface area contributed by atoms with E-state index in [4.69, 9.17) is 4.74 Å². The summed E-state index contributed by atoms with van der Waals surface area (Å²) in [5.41, 5.74) is 0. The normalized spacial score (nSPS) is 29.5. The molecule has 1 saturated heterocycles. The largest absolute Gasteiger partial charge is 0.444 e. The summed E-state index contributed by atoms with van der Waals surface area (Å²) in [6.45, 7) is 3.47. The van der Waals surface area contributed by atoms with E-state index in [-0.39, 0.29) is 11.9 Å². The van der Waals surface area contributed by atoms with Crippen molar-refractivity contribution in [2.24, 2.45) is 0 Å². The predicted molar refractivity (Wildman–Crippen MR) is 38.2 cm³/mol. The Labute approximate surface area is 64.9 Å². The highest BCUT2D eigenvalue weighted by Crippen LogP contribution is 2.09. The van der Waals surface area contributed by atoms with Crippen LogP contribution < -0.4 is 5.32 Å². The Morgan fingerprint density at radius 1 is 1.73 bits per heavy atom. The molecule has 0 aliphatic carbocycles. The highest BCUT2D eigenvalue weighted by atomic mass is 16.6. The quantitative estimate of drug-likeness (QED) is 0.633. The summed E-state index contributed by atoms with van der Waals surface area (Å²) in [4.78, 5) is 21.7. The summed E-state index contributed by atoms with van der Waals surface area (Å²) in [6, 6.07) is -0.438. The molecular weight excluding hydrogens is 146 g/mol. The molecule has 1 fully saturated rings. The van der Waals surface area contributed by atoms with Crippen LogP contribution in [0.3, 0.4) is 0 Å². The van der Waals surface area contributed by atoms with E-state index in [1.807, 2.05) is 0 Å². The molecule has 0 aromatic carbocycles. The fourth-order valence-corrected chi connectivity index (χ4v) is 1.08. The molecule has 1 aliphatic rings. The van der Waals surface area contributed by atoms with Gasteiger partial charge < -0.3 is 10.1 Å². The molecule has 1 aliphatic heterocycles. The molecule has 0 bridgehead atoms. The predicted octanol–water partition coefficient (Wildman–Crippen LogP) is 0.462. The van der Waals surface area contributed by atoms with Crippen molar-refractivity contribution >= 4 is 11.9 Å². The van der Waals surface area contributed by atoms with Crippen LogP contribution in [0.25, 0.3) is 0 Å². The van der Waals surface area contributed by atoms with Crippen molar-refractivity contribution in [2.75, 3.05) is 0 Å². The lowest BCUT2D eigenvalue weighted by Gasteiger charge is -2.08. The van der Waals surface area contributed by atoms with E-state index in [0.29, 0.717) is 6.42 Å². The van der Waals surface area contributed by atoms with Crippen LogP contribution in [0.5, 0.6) is 0 Å². The van der Waals surface area contributed by atoms with E-state index in [9.17, 15) is 9.59 Å². The summed E-state index contributed by atoms with van der Waals surface area (Å²) in [6.07, 6.45) is -0.391.